The smallest absolute Gasteiger partial charge is 0.306 e. The molecule has 11 atom stereocenters. The second kappa shape index (κ2) is 11.2. The fraction of sp³-hybridized carbons (Fsp3) is 0.871. The molecule has 0 aromatic heterocycles. The van der Waals surface area contributed by atoms with Gasteiger partial charge in [-0.15, -0.1) is 0 Å². The van der Waals surface area contributed by atoms with Crippen molar-refractivity contribution in [3.8, 4) is 6.07 Å². The van der Waals surface area contributed by atoms with Gasteiger partial charge < -0.3 is 14.2 Å². The minimum absolute atomic E-state index is 0.0245. The Labute approximate surface area is 228 Å². The first-order valence-corrected chi connectivity index (χ1v) is 14.8. The molecule has 38 heavy (non-hydrogen) atoms. The van der Waals surface area contributed by atoms with Crippen LogP contribution in [0.1, 0.15) is 99.3 Å². The van der Waals surface area contributed by atoms with E-state index < -0.39 is 0 Å². The summed E-state index contributed by atoms with van der Waals surface area (Å²) in [6, 6.07) is 2.50. The Morgan fingerprint density at radius 1 is 0.921 bits per heavy atom. The molecular weight excluding hydrogens is 482 g/mol. The third-order valence-corrected chi connectivity index (χ3v) is 11.1. The number of fused-ring (bicyclic) bond motifs is 5. The Bertz CT molecular complexity index is 959. The molecule has 0 N–H and O–H groups in total. The van der Waals surface area contributed by atoms with Crippen LogP contribution in [0.25, 0.3) is 0 Å². The number of hydrogen-bond donors (Lipinski definition) is 0. The molecule has 4 fully saturated rings. The van der Waals surface area contributed by atoms with Crippen molar-refractivity contribution >= 4 is 17.9 Å². The molecule has 0 bridgehead atoms. The lowest BCUT2D eigenvalue weighted by Gasteiger charge is -2.61. The molecule has 0 aromatic carbocycles. The van der Waals surface area contributed by atoms with Crippen LogP contribution in [-0.4, -0.2) is 36.7 Å². The highest BCUT2D eigenvalue weighted by molar-refractivity contribution is 5.70. The van der Waals surface area contributed by atoms with E-state index in [1.165, 1.54) is 13.8 Å². The average molecular weight is 530 g/mol. The molecule has 0 amide bonds. The Kier molecular flexibility index (Phi) is 8.50. The van der Waals surface area contributed by atoms with Crippen LogP contribution in [0.15, 0.2) is 0 Å². The first-order chi connectivity index (χ1) is 17.9. The monoisotopic (exact) mass is 529 g/mol. The van der Waals surface area contributed by atoms with Gasteiger partial charge in [0.2, 0.25) is 0 Å². The average Bonchev–Trinajstić information content (AvgIpc) is 3.13. The molecule has 0 aromatic rings. The van der Waals surface area contributed by atoms with Gasteiger partial charge in [0.15, 0.2) is 0 Å². The van der Waals surface area contributed by atoms with E-state index in [2.05, 4.69) is 19.9 Å². The Hall–Kier alpha value is -2.10. The molecule has 0 heterocycles. The first kappa shape index (κ1) is 28.9. The zero-order valence-corrected chi connectivity index (χ0v) is 24.2. The van der Waals surface area contributed by atoms with E-state index >= 15 is 0 Å². The molecule has 4 saturated carbocycles. The second-order valence-electron chi connectivity index (χ2n) is 13.5. The first-order valence-electron chi connectivity index (χ1n) is 14.8. The SMILES string of the molecule is CC(=O)OC[C@H](C)CC(=O)O[C@H]1C[C@H]2[C@@H]3CC[C@@H]4C[C@H](OC(C)=O)CC[C@]4(C)[C@H]3CC[C@]2(C)[C@H]1C(C)C#N. The van der Waals surface area contributed by atoms with Gasteiger partial charge in [-0.1, -0.05) is 20.8 Å². The number of carbonyl (C=O) groups is 3. The van der Waals surface area contributed by atoms with Crippen molar-refractivity contribution < 1.29 is 28.6 Å². The summed E-state index contributed by atoms with van der Waals surface area (Å²) in [6.07, 6.45) is 8.36. The van der Waals surface area contributed by atoms with Crippen molar-refractivity contribution in [2.75, 3.05) is 6.61 Å². The summed E-state index contributed by atoms with van der Waals surface area (Å²) in [4.78, 5) is 35.7. The number of carbonyl (C=O) groups excluding carboxylic acids is 3. The van der Waals surface area contributed by atoms with Crippen LogP contribution in [0.2, 0.25) is 0 Å². The van der Waals surface area contributed by atoms with Gasteiger partial charge in [0, 0.05) is 25.7 Å². The molecule has 0 spiro atoms. The minimum atomic E-state index is -0.348. The minimum Gasteiger partial charge on any atom is -0.466 e. The Balaban J connectivity index is 1.49. The van der Waals surface area contributed by atoms with Gasteiger partial charge in [-0.2, -0.15) is 5.26 Å². The maximum atomic E-state index is 13.0. The van der Waals surface area contributed by atoms with Gasteiger partial charge in [0.05, 0.1) is 25.0 Å². The summed E-state index contributed by atoms with van der Waals surface area (Å²) >= 11 is 0. The fourth-order valence-electron chi connectivity index (χ4n) is 9.50. The number of rotatable bonds is 7. The van der Waals surface area contributed by atoms with Gasteiger partial charge in [-0.05, 0) is 92.8 Å². The van der Waals surface area contributed by atoms with Crippen molar-refractivity contribution in [1.82, 2.24) is 0 Å². The van der Waals surface area contributed by atoms with Crippen molar-refractivity contribution in [3.63, 3.8) is 0 Å². The number of nitriles is 1. The standard InChI is InChI=1S/C31H47NO6/c1-18(17-36-20(3)33)13-28(35)38-27-15-26-24-8-7-22-14-23(37-21(4)34)9-11-30(22,5)25(24)10-12-31(26,6)29(27)19(2)16-32/h18-19,22-27,29H,7-15,17H2,1-6H3/t18-,19?,22-,23-,24-,25+,26+,27+,29+,30+,31+/m1/s1. The van der Waals surface area contributed by atoms with E-state index in [4.69, 9.17) is 14.2 Å². The van der Waals surface area contributed by atoms with Crippen molar-refractivity contribution in [2.45, 2.75) is 112 Å². The number of hydrogen-bond acceptors (Lipinski definition) is 7. The molecular formula is C31H47NO6. The highest BCUT2D eigenvalue weighted by atomic mass is 16.5. The van der Waals surface area contributed by atoms with Gasteiger partial charge in [-0.25, -0.2) is 0 Å². The van der Waals surface area contributed by atoms with E-state index in [-0.39, 0.29) is 71.7 Å². The quantitative estimate of drug-likeness (QED) is 0.301. The molecule has 0 saturated heterocycles. The molecule has 4 aliphatic carbocycles. The summed E-state index contributed by atoms with van der Waals surface area (Å²) in [5.74, 6) is 1.14. The molecule has 0 radical (unpaired) electrons. The van der Waals surface area contributed by atoms with Gasteiger partial charge >= 0.3 is 17.9 Å². The van der Waals surface area contributed by atoms with Crippen LogP contribution in [-0.2, 0) is 28.6 Å². The van der Waals surface area contributed by atoms with E-state index in [9.17, 15) is 19.6 Å². The van der Waals surface area contributed by atoms with Crippen LogP contribution in [0.5, 0.6) is 0 Å². The third-order valence-electron chi connectivity index (χ3n) is 11.1. The number of ether oxygens (including phenoxy) is 3. The van der Waals surface area contributed by atoms with Crippen LogP contribution in [0.3, 0.4) is 0 Å². The Morgan fingerprint density at radius 2 is 1.63 bits per heavy atom. The molecule has 7 heteroatoms. The van der Waals surface area contributed by atoms with Gasteiger partial charge in [-0.3, -0.25) is 14.4 Å². The summed E-state index contributed by atoms with van der Waals surface area (Å²) in [6.45, 7) is 11.8. The van der Waals surface area contributed by atoms with E-state index in [1.54, 1.807) is 0 Å². The lowest BCUT2D eigenvalue weighted by atomic mass is 9.44. The van der Waals surface area contributed by atoms with Crippen LogP contribution >= 0.6 is 0 Å². The highest BCUT2D eigenvalue weighted by Crippen LogP contribution is 2.68. The molecule has 212 valence electrons. The summed E-state index contributed by atoms with van der Waals surface area (Å²) in [7, 11) is 0. The predicted molar refractivity (Wildman–Crippen MR) is 141 cm³/mol. The maximum absolute atomic E-state index is 13.0. The van der Waals surface area contributed by atoms with Gasteiger partial charge in [0.25, 0.3) is 0 Å². The largest absolute Gasteiger partial charge is 0.466 e. The summed E-state index contributed by atoms with van der Waals surface area (Å²) < 4.78 is 16.9. The van der Waals surface area contributed by atoms with Crippen molar-refractivity contribution in [3.05, 3.63) is 0 Å². The Morgan fingerprint density at radius 3 is 2.29 bits per heavy atom. The fourth-order valence-corrected chi connectivity index (χ4v) is 9.50. The van der Waals surface area contributed by atoms with Crippen LogP contribution in [0.4, 0.5) is 0 Å². The number of nitrogens with zero attached hydrogens (tertiary/aromatic N) is 1. The summed E-state index contributed by atoms with van der Waals surface area (Å²) in [5, 5.41) is 9.96. The second-order valence-corrected chi connectivity index (χ2v) is 13.5. The molecule has 7 nitrogen and oxygen atoms in total. The van der Waals surface area contributed by atoms with Gasteiger partial charge in [0.1, 0.15) is 12.2 Å². The summed E-state index contributed by atoms with van der Waals surface area (Å²) in [5.41, 5.74) is 0.223. The van der Waals surface area contributed by atoms with Crippen molar-refractivity contribution in [1.29, 1.82) is 5.26 Å². The van der Waals surface area contributed by atoms with Crippen LogP contribution < -0.4 is 0 Å². The molecule has 4 rings (SSSR count). The topological polar surface area (TPSA) is 103 Å². The predicted octanol–water partition coefficient (Wildman–Crippen LogP) is 5.85. The molecule has 4 aliphatic rings. The molecule has 1 unspecified atom stereocenters. The van der Waals surface area contributed by atoms with E-state index in [0.717, 1.165) is 51.4 Å². The van der Waals surface area contributed by atoms with E-state index in [0.29, 0.717) is 23.7 Å². The highest BCUT2D eigenvalue weighted by Gasteiger charge is 2.64. The van der Waals surface area contributed by atoms with Crippen LogP contribution in [0, 0.1) is 63.6 Å². The third kappa shape index (κ3) is 5.47. The lowest BCUT2D eigenvalue weighted by Crippen LogP contribution is -2.54. The zero-order chi connectivity index (χ0) is 27.8. The lowest BCUT2D eigenvalue weighted by molar-refractivity contribution is -0.161. The maximum Gasteiger partial charge on any atom is 0.306 e. The van der Waals surface area contributed by atoms with E-state index in [1.807, 2.05) is 13.8 Å². The van der Waals surface area contributed by atoms with Crippen molar-refractivity contribution in [2.24, 2.45) is 52.3 Å². The molecule has 0 aliphatic heterocycles. The number of esters is 3. The zero-order valence-electron chi connectivity index (χ0n) is 24.2. The normalized spacial score (nSPS) is 41.3.